The summed E-state index contributed by atoms with van der Waals surface area (Å²) in [4.78, 5) is 0. The molecule has 290 valence electrons. The summed E-state index contributed by atoms with van der Waals surface area (Å²) in [7, 11) is 0. The highest BCUT2D eigenvalue weighted by Gasteiger charge is 2.42. The topological polar surface area (TPSA) is 80.9 Å². The molecule has 0 fully saturated rings. The molecule has 4 N–H and O–H groups in total. The first-order valence-corrected chi connectivity index (χ1v) is 20.0. The zero-order chi connectivity index (χ0) is 41.2. The maximum Gasteiger partial charge on any atom is 0.123 e. The number of phenols is 4. The van der Waals surface area contributed by atoms with Crippen LogP contribution in [0.1, 0.15) is 27.8 Å². The molecule has 0 aliphatic heterocycles. The highest BCUT2D eigenvalue weighted by molar-refractivity contribution is 5.84. The molecular weight excluding hydrogens is 737 g/mol. The third-order valence-corrected chi connectivity index (χ3v) is 11.5. The third kappa shape index (κ3) is 6.84. The Kier molecular flexibility index (Phi) is 9.97. The highest BCUT2D eigenvalue weighted by atomic mass is 16.3. The van der Waals surface area contributed by atoms with Crippen molar-refractivity contribution in [2.45, 2.75) is 12.3 Å². The van der Waals surface area contributed by atoms with E-state index >= 15 is 0 Å². The second-order valence-electron chi connectivity index (χ2n) is 15.2. The molecular formula is C56H42O4. The van der Waals surface area contributed by atoms with Gasteiger partial charge < -0.3 is 20.4 Å². The van der Waals surface area contributed by atoms with Gasteiger partial charge in [0.15, 0.2) is 0 Å². The van der Waals surface area contributed by atoms with E-state index in [9.17, 15) is 20.4 Å². The Hall–Kier alpha value is -7.82. The molecule has 0 saturated heterocycles. The van der Waals surface area contributed by atoms with Gasteiger partial charge in [0.05, 0.1) is 5.41 Å². The van der Waals surface area contributed by atoms with Gasteiger partial charge in [-0.05, 0) is 111 Å². The van der Waals surface area contributed by atoms with Crippen molar-refractivity contribution in [1.29, 1.82) is 0 Å². The number of hydrogen-bond acceptors (Lipinski definition) is 4. The minimum Gasteiger partial charge on any atom is -0.507 e. The van der Waals surface area contributed by atoms with Gasteiger partial charge in [0, 0.05) is 22.3 Å². The SMILES string of the molecule is Cc1ccc(C(c2ccc(O)c(-c3ccccc3)c2)(c2ccc(O)c(-c3ccccc3)c2)c2ccc(O)c(-c3ccccc3)c2)c(-c2ccc(O)c(-c3ccccc3)c2)c1. The number of benzene rings is 9. The lowest BCUT2D eigenvalue weighted by Crippen LogP contribution is -2.32. The van der Waals surface area contributed by atoms with Crippen LogP contribution in [0, 0.1) is 6.92 Å². The quantitative estimate of drug-likeness (QED) is 0.110. The summed E-state index contributed by atoms with van der Waals surface area (Å²) in [6, 6.07) is 69.0. The molecule has 0 spiro atoms. The van der Waals surface area contributed by atoms with Gasteiger partial charge in [-0.2, -0.15) is 0 Å². The van der Waals surface area contributed by atoms with Gasteiger partial charge in [-0.3, -0.25) is 0 Å². The van der Waals surface area contributed by atoms with Gasteiger partial charge in [-0.15, -0.1) is 0 Å². The Morgan fingerprint density at radius 3 is 0.983 bits per heavy atom. The van der Waals surface area contributed by atoms with E-state index in [2.05, 4.69) is 43.3 Å². The molecule has 0 radical (unpaired) electrons. The van der Waals surface area contributed by atoms with Crippen LogP contribution >= 0.6 is 0 Å². The minimum atomic E-state index is -1.15. The van der Waals surface area contributed by atoms with E-state index in [0.717, 1.165) is 61.2 Å². The van der Waals surface area contributed by atoms with Crippen molar-refractivity contribution < 1.29 is 20.4 Å². The molecule has 0 aliphatic carbocycles. The number of aromatic hydroxyl groups is 4. The Balaban J connectivity index is 1.45. The molecule has 60 heavy (non-hydrogen) atoms. The number of aryl methyl sites for hydroxylation is 1. The van der Waals surface area contributed by atoms with E-state index in [1.807, 2.05) is 152 Å². The van der Waals surface area contributed by atoms with Crippen LogP contribution in [-0.2, 0) is 5.41 Å². The van der Waals surface area contributed by atoms with Crippen LogP contribution in [0.3, 0.4) is 0 Å². The van der Waals surface area contributed by atoms with E-state index in [0.29, 0.717) is 22.3 Å². The number of rotatable bonds is 9. The monoisotopic (exact) mass is 778 g/mol. The lowest BCUT2D eigenvalue weighted by atomic mass is 9.62. The summed E-state index contributed by atoms with van der Waals surface area (Å²) in [6.07, 6.45) is 0. The van der Waals surface area contributed by atoms with Gasteiger partial charge in [0.1, 0.15) is 23.0 Å². The first kappa shape index (κ1) is 37.7. The molecule has 0 atom stereocenters. The maximum atomic E-state index is 11.6. The average Bonchev–Trinajstić information content (AvgIpc) is 3.29. The second kappa shape index (κ2) is 15.8. The van der Waals surface area contributed by atoms with E-state index in [1.165, 1.54) is 0 Å². The summed E-state index contributed by atoms with van der Waals surface area (Å²) in [6.45, 7) is 2.07. The van der Waals surface area contributed by atoms with Crippen molar-refractivity contribution in [3.63, 3.8) is 0 Å². The van der Waals surface area contributed by atoms with Gasteiger partial charge in [-0.1, -0.05) is 169 Å². The molecule has 4 heteroatoms. The van der Waals surface area contributed by atoms with Crippen LogP contribution in [0.15, 0.2) is 212 Å². The standard InChI is InChI=1S/C56H42O4/c1-37-22-27-51(46(32-37)42-23-28-52(57)47(33-42)38-14-6-2-7-15-38)56(43-24-29-53(58)48(34-43)39-16-8-3-9-17-39,44-25-30-54(59)49(35-44)40-18-10-4-11-19-40)45-26-31-55(60)50(36-45)41-20-12-5-13-21-41/h2-36,57-60H,1H3. The van der Waals surface area contributed by atoms with Crippen LogP contribution in [0.4, 0.5) is 0 Å². The predicted molar refractivity (Wildman–Crippen MR) is 243 cm³/mol. The van der Waals surface area contributed by atoms with Gasteiger partial charge in [0.2, 0.25) is 0 Å². The van der Waals surface area contributed by atoms with Crippen molar-refractivity contribution in [2.75, 3.05) is 0 Å². The summed E-state index contributed by atoms with van der Waals surface area (Å²) < 4.78 is 0. The summed E-state index contributed by atoms with van der Waals surface area (Å²) in [5.74, 6) is 0.592. The van der Waals surface area contributed by atoms with Gasteiger partial charge in [0.25, 0.3) is 0 Å². The van der Waals surface area contributed by atoms with Crippen LogP contribution < -0.4 is 0 Å². The lowest BCUT2D eigenvalue weighted by Gasteiger charge is -2.39. The van der Waals surface area contributed by atoms with Crippen LogP contribution in [0.5, 0.6) is 23.0 Å². The Bertz CT molecular complexity index is 2750. The molecule has 0 unspecified atom stereocenters. The summed E-state index contributed by atoms with van der Waals surface area (Å²) >= 11 is 0. The van der Waals surface area contributed by atoms with Crippen LogP contribution in [0.2, 0.25) is 0 Å². The molecule has 9 aromatic carbocycles. The molecule has 0 aliphatic rings. The van der Waals surface area contributed by atoms with Crippen molar-refractivity contribution in [2.24, 2.45) is 0 Å². The van der Waals surface area contributed by atoms with Crippen molar-refractivity contribution in [3.8, 4) is 78.6 Å². The fourth-order valence-corrected chi connectivity index (χ4v) is 8.60. The lowest BCUT2D eigenvalue weighted by molar-refractivity contribution is 0.476. The van der Waals surface area contributed by atoms with Crippen LogP contribution in [-0.4, -0.2) is 20.4 Å². The minimum absolute atomic E-state index is 0.139. The molecule has 0 amide bonds. The molecule has 4 nitrogen and oxygen atoms in total. The molecule has 0 heterocycles. The maximum absolute atomic E-state index is 11.6. The number of hydrogen-bond donors (Lipinski definition) is 4. The second-order valence-corrected chi connectivity index (χ2v) is 15.2. The summed E-state index contributed by atoms with van der Waals surface area (Å²) in [5.41, 5.74) is 11.3. The zero-order valence-electron chi connectivity index (χ0n) is 33.0. The Labute approximate surface area is 350 Å². The first-order valence-electron chi connectivity index (χ1n) is 20.0. The molecule has 0 saturated carbocycles. The zero-order valence-corrected chi connectivity index (χ0v) is 33.0. The predicted octanol–water partition coefficient (Wildman–Crippen LogP) is 13.5. The summed E-state index contributed by atoms with van der Waals surface area (Å²) in [5, 5.41) is 46.0. The fourth-order valence-electron chi connectivity index (χ4n) is 8.60. The van der Waals surface area contributed by atoms with E-state index in [4.69, 9.17) is 0 Å². The smallest absolute Gasteiger partial charge is 0.123 e. The van der Waals surface area contributed by atoms with Crippen molar-refractivity contribution >= 4 is 0 Å². The average molecular weight is 779 g/mol. The Morgan fingerprint density at radius 2 is 0.617 bits per heavy atom. The van der Waals surface area contributed by atoms with E-state index < -0.39 is 5.41 Å². The van der Waals surface area contributed by atoms with E-state index in [-0.39, 0.29) is 23.0 Å². The first-order chi connectivity index (χ1) is 29.3. The molecule has 0 bridgehead atoms. The molecule has 9 aromatic rings. The number of phenolic OH excluding ortho intramolecular Hbond substituents is 4. The fraction of sp³-hybridized carbons (Fsp3) is 0.0357. The molecule has 9 rings (SSSR count). The van der Waals surface area contributed by atoms with Gasteiger partial charge >= 0.3 is 0 Å². The normalized spacial score (nSPS) is 11.3. The van der Waals surface area contributed by atoms with Crippen LogP contribution in [0.25, 0.3) is 55.6 Å². The van der Waals surface area contributed by atoms with Gasteiger partial charge in [-0.25, -0.2) is 0 Å². The Morgan fingerprint density at radius 1 is 0.283 bits per heavy atom. The largest absolute Gasteiger partial charge is 0.507 e. The highest BCUT2D eigenvalue weighted by Crippen LogP contribution is 2.53. The van der Waals surface area contributed by atoms with E-state index in [1.54, 1.807) is 24.3 Å². The third-order valence-electron chi connectivity index (χ3n) is 11.5. The van der Waals surface area contributed by atoms with Crippen molar-refractivity contribution in [3.05, 3.63) is 240 Å². The van der Waals surface area contributed by atoms with Crippen molar-refractivity contribution in [1.82, 2.24) is 0 Å². The molecule has 0 aromatic heterocycles.